The van der Waals surface area contributed by atoms with Crippen LogP contribution in [0, 0.1) is 0 Å². The second-order valence-electron chi connectivity index (χ2n) is 12.0. The van der Waals surface area contributed by atoms with Gasteiger partial charge in [-0.2, -0.15) is 0 Å². The first-order valence-corrected chi connectivity index (χ1v) is 16.6. The molecule has 0 amide bonds. The van der Waals surface area contributed by atoms with Crippen molar-refractivity contribution in [1.82, 2.24) is 0 Å². The van der Waals surface area contributed by atoms with Crippen molar-refractivity contribution in [3.8, 4) is 0 Å². The van der Waals surface area contributed by atoms with Gasteiger partial charge in [0.1, 0.15) is 0 Å². The number of para-hydroxylation sites is 2. The van der Waals surface area contributed by atoms with Crippen LogP contribution in [0.25, 0.3) is 0 Å². The Bertz CT molecular complexity index is 1200. The van der Waals surface area contributed by atoms with Gasteiger partial charge in [0.05, 0.1) is 0 Å². The zero-order valence-electron chi connectivity index (χ0n) is 25.0. The molecule has 0 heterocycles. The molecular formula is C36H46N2Si. The third-order valence-corrected chi connectivity index (χ3v) is 11.4. The first-order chi connectivity index (χ1) is 18.7. The SMILES string of the molecule is CC(C)c1cccc(C(C)C)c1N[Si](Nc1c(C(C)C)cccc1C(C)C)(c1ccccc1)c1ccccc1. The number of hydrogen-bond acceptors (Lipinski definition) is 2. The molecule has 0 aliphatic heterocycles. The van der Waals surface area contributed by atoms with Gasteiger partial charge in [-0.3, -0.25) is 0 Å². The van der Waals surface area contributed by atoms with Crippen LogP contribution in [0.15, 0.2) is 97.1 Å². The molecule has 2 nitrogen and oxygen atoms in total. The van der Waals surface area contributed by atoms with Crippen molar-refractivity contribution in [3.05, 3.63) is 119 Å². The summed E-state index contributed by atoms with van der Waals surface area (Å²) in [5.41, 5.74) is 8.03. The number of benzene rings is 4. The lowest BCUT2D eigenvalue weighted by atomic mass is 9.93. The first-order valence-electron chi connectivity index (χ1n) is 14.6. The quantitative estimate of drug-likeness (QED) is 0.198. The summed E-state index contributed by atoms with van der Waals surface area (Å²) in [6.45, 7) is 18.4. The predicted molar refractivity (Wildman–Crippen MR) is 174 cm³/mol. The topological polar surface area (TPSA) is 24.1 Å². The molecular weight excluding hydrogens is 488 g/mol. The summed E-state index contributed by atoms with van der Waals surface area (Å²) in [5.74, 6) is 1.61. The highest BCUT2D eigenvalue weighted by atomic mass is 28.3. The van der Waals surface area contributed by atoms with Gasteiger partial charge < -0.3 is 9.96 Å². The van der Waals surface area contributed by atoms with E-state index in [-0.39, 0.29) is 0 Å². The molecule has 4 rings (SSSR count). The zero-order chi connectivity index (χ0) is 28.2. The third kappa shape index (κ3) is 5.99. The highest BCUT2D eigenvalue weighted by molar-refractivity contribution is 7.06. The molecule has 204 valence electrons. The molecule has 0 spiro atoms. The zero-order valence-corrected chi connectivity index (χ0v) is 26.0. The van der Waals surface area contributed by atoms with E-state index in [1.807, 2.05) is 0 Å². The van der Waals surface area contributed by atoms with Gasteiger partial charge >= 0.3 is 8.40 Å². The average molecular weight is 535 g/mol. The van der Waals surface area contributed by atoms with Crippen LogP contribution in [0.5, 0.6) is 0 Å². The maximum Gasteiger partial charge on any atom is 0.326 e. The lowest BCUT2D eigenvalue weighted by molar-refractivity contribution is 0.838. The lowest BCUT2D eigenvalue weighted by Gasteiger charge is -2.39. The monoisotopic (exact) mass is 534 g/mol. The van der Waals surface area contributed by atoms with Crippen LogP contribution in [0.1, 0.15) is 101 Å². The van der Waals surface area contributed by atoms with E-state index < -0.39 is 8.40 Å². The molecule has 0 radical (unpaired) electrons. The number of rotatable bonds is 10. The third-order valence-electron chi connectivity index (χ3n) is 7.78. The minimum atomic E-state index is -2.84. The largest absolute Gasteiger partial charge is 0.387 e. The summed E-state index contributed by atoms with van der Waals surface area (Å²) in [6.07, 6.45) is 0. The smallest absolute Gasteiger partial charge is 0.326 e. The molecule has 0 aromatic heterocycles. The minimum Gasteiger partial charge on any atom is -0.387 e. The summed E-state index contributed by atoms with van der Waals surface area (Å²) < 4.78 is 0. The fourth-order valence-corrected chi connectivity index (χ4v) is 9.31. The van der Waals surface area contributed by atoms with E-state index in [2.05, 4.69) is 162 Å². The van der Waals surface area contributed by atoms with E-state index in [0.29, 0.717) is 23.7 Å². The summed E-state index contributed by atoms with van der Waals surface area (Å²) in [5, 5.41) is 2.63. The Labute approximate surface area is 238 Å². The second kappa shape index (κ2) is 12.3. The van der Waals surface area contributed by atoms with Crippen molar-refractivity contribution >= 4 is 30.1 Å². The normalized spacial score (nSPS) is 12.0. The summed E-state index contributed by atoms with van der Waals surface area (Å²) in [7, 11) is -2.84. The van der Waals surface area contributed by atoms with Gasteiger partial charge in [0.2, 0.25) is 0 Å². The van der Waals surface area contributed by atoms with Crippen molar-refractivity contribution < 1.29 is 0 Å². The van der Waals surface area contributed by atoms with Crippen LogP contribution in [0.2, 0.25) is 0 Å². The maximum atomic E-state index is 4.33. The van der Waals surface area contributed by atoms with Crippen molar-refractivity contribution in [2.75, 3.05) is 9.96 Å². The van der Waals surface area contributed by atoms with E-state index in [1.165, 1.54) is 44.0 Å². The van der Waals surface area contributed by atoms with Crippen LogP contribution in [0.4, 0.5) is 11.4 Å². The second-order valence-corrected chi connectivity index (χ2v) is 15.1. The molecule has 0 aliphatic rings. The van der Waals surface area contributed by atoms with E-state index in [4.69, 9.17) is 0 Å². The molecule has 0 saturated carbocycles. The number of hydrogen-bond donors (Lipinski definition) is 2. The molecule has 0 bridgehead atoms. The highest BCUT2D eigenvalue weighted by Gasteiger charge is 2.42. The molecule has 39 heavy (non-hydrogen) atoms. The van der Waals surface area contributed by atoms with Gasteiger partial charge in [-0.05, 0) is 56.3 Å². The highest BCUT2D eigenvalue weighted by Crippen LogP contribution is 2.37. The minimum absolute atomic E-state index is 0.402. The number of anilines is 2. The summed E-state index contributed by atoms with van der Waals surface area (Å²) in [6, 6.07) is 35.8. The Hall–Kier alpha value is -3.30. The van der Waals surface area contributed by atoms with Gasteiger partial charge in [0.15, 0.2) is 0 Å². The molecule has 0 fully saturated rings. The van der Waals surface area contributed by atoms with Crippen molar-refractivity contribution in [1.29, 1.82) is 0 Å². The van der Waals surface area contributed by atoms with Crippen molar-refractivity contribution in [2.24, 2.45) is 0 Å². The van der Waals surface area contributed by atoms with Gasteiger partial charge in [-0.15, -0.1) is 0 Å². The standard InChI is InChI=1S/C36H46N2Si/c1-25(2)31-21-15-22-32(26(3)4)35(31)37-39(29-17-11-9-12-18-29,30-19-13-10-14-20-30)38-36-33(27(5)6)23-16-24-34(36)28(7)8/h9-28,37-38H,1-8H3. The van der Waals surface area contributed by atoms with Gasteiger partial charge in [-0.1, -0.05) is 152 Å². The summed E-state index contributed by atoms with van der Waals surface area (Å²) >= 11 is 0. The molecule has 4 aromatic rings. The van der Waals surface area contributed by atoms with Gasteiger partial charge in [0.25, 0.3) is 0 Å². The molecule has 0 atom stereocenters. The molecule has 4 aromatic carbocycles. The Morgan fingerprint density at radius 3 is 0.923 bits per heavy atom. The van der Waals surface area contributed by atoms with Crippen LogP contribution in [-0.4, -0.2) is 8.40 Å². The van der Waals surface area contributed by atoms with Crippen LogP contribution in [0.3, 0.4) is 0 Å². The van der Waals surface area contributed by atoms with Crippen LogP contribution < -0.4 is 20.3 Å². The van der Waals surface area contributed by atoms with Gasteiger partial charge in [0, 0.05) is 11.4 Å². The molecule has 3 heteroatoms. The summed E-state index contributed by atoms with van der Waals surface area (Å²) in [4.78, 5) is 8.67. The lowest BCUT2D eigenvalue weighted by Crippen LogP contribution is -2.71. The molecule has 2 N–H and O–H groups in total. The maximum absolute atomic E-state index is 4.33. The fraction of sp³-hybridized carbons (Fsp3) is 0.333. The Morgan fingerprint density at radius 1 is 0.385 bits per heavy atom. The van der Waals surface area contributed by atoms with E-state index in [1.54, 1.807) is 0 Å². The Kier molecular flexibility index (Phi) is 9.02. The Morgan fingerprint density at radius 2 is 0.667 bits per heavy atom. The predicted octanol–water partition coefficient (Wildman–Crippen LogP) is 8.96. The van der Waals surface area contributed by atoms with E-state index in [9.17, 15) is 0 Å². The van der Waals surface area contributed by atoms with Crippen molar-refractivity contribution in [2.45, 2.75) is 79.1 Å². The molecule has 0 saturated heterocycles. The van der Waals surface area contributed by atoms with Gasteiger partial charge in [-0.25, -0.2) is 0 Å². The molecule has 0 aliphatic carbocycles. The van der Waals surface area contributed by atoms with Crippen molar-refractivity contribution in [3.63, 3.8) is 0 Å². The molecule has 0 unspecified atom stereocenters. The average Bonchev–Trinajstić information content (AvgIpc) is 2.93. The van der Waals surface area contributed by atoms with E-state index >= 15 is 0 Å². The fourth-order valence-electron chi connectivity index (χ4n) is 5.63. The van der Waals surface area contributed by atoms with E-state index in [0.717, 1.165) is 0 Å². The number of nitrogens with one attached hydrogen (secondary N) is 2. The first kappa shape index (κ1) is 28.7. The Balaban J connectivity index is 2.09. The van der Waals surface area contributed by atoms with Crippen LogP contribution >= 0.6 is 0 Å². The van der Waals surface area contributed by atoms with Crippen LogP contribution in [-0.2, 0) is 0 Å².